The lowest BCUT2D eigenvalue weighted by Crippen LogP contribution is -2.48. The van der Waals surface area contributed by atoms with Crippen molar-refractivity contribution in [1.29, 1.82) is 0 Å². The summed E-state index contributed by atoms with van der Waals surface area (Å²) in [6.45, 7) is 3.97. The number of aliphatic carboxylic acids is 1. The molecule has 0 aromatic carbocycles. The van der Waals surface area contributed by atoms with E-state index in [2.05, 4.69) is 5.32 Å². The van der Waals surface area contributed by atoms with E-state index in [0.717, 1.165) is 0 Å². The molecule has 104 valence electrons. The Morgan fingerprint density at radius 2 is 2.06 bits per heavy atom. The Morgan fingerprint density at radius 1 is 1.39 bits per heavy atom. The van der Waals surface area contributed by atoms with Crippen LogP contribution in [0.25, 0.3) is 0 Å². The van der Waals surface area contributed by atoms with E-state index in [4.69, 9.17) is 10.2 Å². The molecule has 0 aliphatic heterocycles. The first-order valence-corrected chi connectivity index (χ1v) is 6.36. The van der Waals surface area contributed by atoms with Gasteiger partial charge in [-0.2, -0.15) is 0 Å². The molecule has 1 aliphatic rings. The van der Waals surface area contributed by atoms with Crippen LogP contribution in [0.4, 0.5) is 4.79 Å². The summed E-state index contributed by atoms with van der Waals surface area (Å²) in [6, 6.07) is -0.289. The second-order valence-electron chi connectivity index (χ2n) is 5.01. The van der Waals surface area contributed by atoms with Gasteiger partial charge in [0.2, 0.25) is 0 Å². The molecule has 1 fully saturated rings. The van der Waals surface area contributed by atoms with E-state index in [1.54, 1.807) is 4.90 Å². The molecule has 2 amide bonds. The highest BCUT2D eigenvalue weighted by Crippen LogP contribution is 2.25. The lowest BCUT2D eigenvalue weighted by atomic mass is 10.1. The number of aliphatic hydroxyl groups excluding tert-OH is 1. The van der Waals surface area contributed by atoms with Crippen LogP contribution in [0.15, 0.2) is 0 Å². The van der Waals surface area contributed by atoms with Gasteiger partial charge in [0.1, 0.15) is 0 Å². The molecule has 1 saturated carbocycles. The van der Waals surface area contributed by atoms with E-state index in [1.807, 2.05) is 13.8 Å². The van der Waals surface area contributed by atoms with Crippen LogP contribution in [0, 0.1) is 5.92 Å². The quantitative estimate of drug-likeness (QED) is 0.675. The van der Waals surface area contributed by atoms with Crippen LogP contribution in [0.5, 0.6) is 0 Å². The van der Waals surface area contributed by atoms with Crippen LogP contribution >= 0.6 is 0 Å². The highest BCUT2D eigenvalue weighted by molar-refractivity contribution is 5.75. The summed E-state index contributed by atoms with van der Waals surface area (Å²) in [5, 5.41) is 20.6. The van der Waals surface area contributed by atoms with E-state index < -0.39 is 5.97 Å². The monoisotopic (exact) mass is 258 g/mol. The van der Waals surface area contributed by atoms with Gasteiger partial charge in [-0.05, 0) is 33.1 Å². The molecule has 0 spiro atoms. The van der Waals surface area contributed by atoms with Crippen molar-refractivity contribution in [2.45, 2.75) is 45.2 Å². The molecule has 18 heavy (non-hydrogen) atoms. The number of nitrogens with one attached hydrogen (secondary N) is 1. The number of amides is 2. The Bertz CT molecular complexity index is 306. The number of nitrogens with zero attached hydrogens (tertiary/aromatic N) is 1. The van der Waals surface area contributed by atoms with Gasteiger partial charge in [0, 0.05) is 18.6 Å². The second kappa shape index (κ2) is 6.58. The molecule has 0 aromatic heterocycles. The van der Waals surface area contributed by atoms with Crippen molar-refractivity contribution in [3.05, 3.63) is 0 Å². The number of urea groups is 1. The molecule has 0 heterocycles. The summed E-state index contributed by atoms with van der Waals surface area (Å²) in [4.78, 5) is 24.3. The lowest BCUT2D eigenvalue weighted by molar-refractivity contribution is -0.141. The van der Waals surface area contributed by atoms with E-state index >= 15 is 0 Å². The van der Waals surface area contributed by atoms with E-state index in [-0.39, 0.29) is 30.6 Å². The van der Waals surface area contributed by atoms with Crippen molar-refractivity contribution in [2.24, 2.45) is 5.92 Å². The molecule has 0 saturated heterocycles. The normalized spacial score (nSPS) is 23.1. The maximum atomic E-state index is 12.0. The van der Waals surface area contributed by atoms with Gasteiger partial charge in [0.25, 0.3) is 0 Å². The number of carboxylic acid groups (broad SMARTS) is 1. The first-order valence-electron chi connectivity index (χ1n) is 6.36. The Kier molecular flexibility index (Phi) is 5.40. The van der Waals surface area contributed by atoms with Crippen molar-refractivity contribution in [3.63, 3.8) is 0 Å². The number of hydrogen-bond acceptors (Lipinski definition) is 3. The Morgan fingerprint density at radius 3 is 2.50 bits per heavy atom. The largest absolute Gasteiger partial charge is 0.481 e. The summed E-state index contributed by atoms with van der Waals surface area (Å²) >= 11 is 0. The molecule has 2 unspecified atom stereocenters. The highest BCUT2D eigenvalue weighted by atomic mass is 16.4. The van der Waals surface area contributed by atoms with Crippen molar-refractivity contribution >= 4 is 12.0 Å². The summed E-state index contributed by atoms with van der Waals surface area (Å²) < 4.78 is 0. The van der Waals surface area contributed by atoms with Gasteiger partial charge in [-0.1, -0.05) is 0 Å². The molecular weight excluding hydrogens is 236 g/mol. The number of carboxylic acids is 1. The van der Waals surface area contributed by atoms with Crippen LogP contribution < -0.4 is 5.32 Å². The first-order chi connectivity index (χ1) is 8.45. The third-order valence-corrected chi connectivity index (χ3v) is 3.33. The van der Waals surface area contributed by atoms with Gasteiger partial charge in [0.15, 0.2) is 0 Å². The predicted molar refractivity (Wildman–Crippen MR) is 66.2 cm³/mol. The van der Waals surface area contributed by atoms with Crippen LogP contribution in [0.2, 0.25) is 0 Å². The van der Waals surface area contributed by atoms with Crippen molar-refractivity contribution in [1.82, 2.24) is 10.2 Å². The molecule has 1 aliphatic carbocycles. The van der Waals surface area contributed by atoms with Crippen LogP contribution in [-0.2, 0) is 4.79 Å². The maximum Gasteiger partial charge on any atom is 0.317 e. The molecule has 0 bridgehead atoms. The summed E-state index contributed by atoms with van der Waals surface area (Å²) in [7, 11) is 0. The number of aliphatic hydroxyl groups is 1. The smallest absolute Gasteiger partial charge is 0.317 e. The molecular formula is C12H22N2O4. The van der Waals surface area contributed by atoms with Gasteiger partial charge < -0.3 is 20.4 Å². The number of hydrogen-bond donors (Lipinski definition) is 3. The molecule has 3 N–H and O–H groups in total. The predicted octanol–water partition coefficient (Wildman–Crippen LogP) is 0.652. The zero-order valence-corrected chi connectivity index (χ0v) is 10.9. The minimum atomic E-state index is -0.789. The van der Waals surface area contributed by atoms with Gasteiger partial charge >= 0.3 is 12.0 Å². The average Bonchev–Trinajstić information content (AvgIpc) is 2.73. The van der Waals surface area contributed by atoms with Gasteiger partial charge in [-0.15, -0.1) is 0 Å². The molecule has 6 nitrogen and oxygen atoms in total. The Balaban J connectivity index is 2.47. The fourth-order valence-corrected chi connectivity index (χ4v) is 2.30. The lowest BCUT2D eigenvalue weighted by Gasteiger charge is -2.27. The average molecular weight is 258 g/mol. The van der Waals surface area contributed by atoms with E-state index in [1.165, 1.54) is 0 Å². The highest BCUT2D eigenvalue weighted by Gasteiger charge is 2.31. The Labute approximate surface area is 107 Å². The van der Waals surface area contributed by atoms with Crippen molar-refractivity contribution in [2.75, 3.05) is 13.2 Å². The van der Waals surface area contributed by atoms with Crippen molar-refractivity contribution in [3.8, 4) is 0 Å². The summed E-state index contributed by atoms with van der Waals surface area (Å²) in [6.07, 6.45) is 1.81. The molecule has 0 radical (unpaired) electrons. The zero-order chi connectivity index (χ0) is 13.7. The van der Waals surface area contributed by atoms with E-state index in [9.17, 15) is 9.59 Å². The van der Waals surface area contributed by atoms with Crippen LogP contribution in [0.3, 0.4) is 0 Å². The van der Waals surface area contributed by atoms with Crippen LogP contribution in [0.1, 0.15) is 33.1 Å². The number of rotatable bonds is 5. The second-order valence-corrected chi connectivity index (χ2v) is 5.01. The van der Waals surface area contributed by atoms with Gasteiger partial charge in [-0.3, -0.25) is 4.79 Å². The van der Waals surface area contributed by atoms with Gasteiger partial charge in [-0.25, -0.2) is 4.79 Å². The fraction of sp³-hybridized carbons (Fsp3) is 0.833. The number of carbonyl (C=O) groups excluding carboxylic acids is 1. The molecule has 0 aromatic rings. The van der Waals surface area contributed by atoms with E-state index in [0.29, 0.717) is 25.8 Å². The first kappa shape index (κ1) is 14.8. The van der Waals surface area contributed by atoms with Crippen LogP contribution in [-0.4, -0.2) is 52.3 Å². The minimum Gasteiger partial charge on any atom is -0.481 e. The minimum absolute atomic E-state index is 0.00817. The molecule has 2 atom stereocenters. The van der Waals surface area contributed by atoms with Gasteiger partial charge in [0.05, 0.1) is 12.5 Å². The molecule has 6 heteroatoms. The summed E-state index contributed by atoms with van der Waals surface area (Å²) in [5.41, 5.74) is 0. The molecule has 1 rings (SSSR count). The SMILES string of the molecule is CC(C)N(CCO)C(=O)NC1CCC(C(=O)O)C1. The standard InChI is InChI=1S/C12H22N2O4/c1-8(2)14(5-6-15)12(18)13-10-4-3-9(7-10)11(16)17/h8-10,15H,3-7H2,1-2H3,(H,13,18)(H,16,17). The topological polar surface area (TPSA) is 89.9 Å². The third-order valence-electron chi connectivity index (χ3n) is 3.33. The fourth-order valence-electron chi connectivity index (χ4n) is 2.30. The van der Waals surface area contributed by atoms with Crippen molar-refractivity contribution < 1.29 is 19.8 Å². The summed E-state index contributed by atoms with van der Waals surface area (Å²) in [5.74, 6) is -1.14. The maximum absolute atomic E-state index is 12.0. The Hall–Kier alpha value is -1.30. The third kappa shape index (κ3) is 3.87. The number of carbonyl (C=O) groups is 2. The zero-order valence-electron chi connectivity index (χ0n) is 10.9.